The largest absolute Gasteiger partial charge is 0.355 e. The number of nitrogens with one attached hydrogen (secondary N) is 2. The normalized spacial score (nSPS) is 10.8. The lowest BCUT2D eigenvalue weighted by atomic mass is 10.3. The minimum absolute atomic E-state index is 0.0745. The first-order valence-electron chi connectivity index (χ1n) is 5.66. The van der Waals surface area contributed by atoms with Gasteiger partial charge in [0.2, 0.25) is 11.8 Å². The molecule has 1 rings (SSSR count). The van der Waals surface area contributed by atoms with E-state index in [0.29, 0.717) is 5.69 Å². The van der Waals surface area contributed by atoms with E-state index in [1.807, 2.05) is 0 Å². The lowest BCUT2D eigenvalue weighted by molar-refractivity contribution is -0.119. The Morgan fingerprint density at radius 1 is 1.05 bits per heavy atom. The topological polar surface area (TPSA) is 92.3 Å². The number of rotatable bonds is 5. The van der Waals surface area contributed by atoms with E-state index in [9.17, 15) is 18.0 Å². The van der Waals surface area contributed by atoms with E-state index in [4.69, 9.17) is 0 Å². The van der Waals surface area contributed by atoms with Crippen LogP contribution in [-0.4, -0.2) is 32.5 Å². The van der Waals surface area contributed by atoms with Crippen molar-refractivity contribution in [2.24, 2.45) is 0 Å². The van der Waals surface area contributed by atoms with Gasteiger partial charge in [0.15, 0.2) is 9.84 Å². The quantitative estimate of drug-likeness (QED) is 0.826. The van der Waals surface area contributed by atoms with Gasteiger partial charge < -0.3 is 10.6 Å². The maximum atomic E-state index is 11.9. The van der Waals surface area contributed by atoms with Gasteiger partial charge >= 0.3 is 0 Å². The summed E-state index contributed by atoms with van der Waals surface area (Å²) in [5.41, 5.74) is 0.535. The first kappa shape index (κ1) is 15.2. The molecule has 0 spiro atoms. The average molecular weight is 284 g/mol. The Hall–Kier alpha value is -1.89. The first-order chi connectivity index (χ1) is 8.81. The Labute approximate surface area is 112 Å². The van der Waals surface area contributed by atoms with Crippen LogP contribution in [0.1, 0.15) is 13.8 Å². The predicted molar refractivity (Wildman–Crippen MR) is 71.5 cm³/mol. The van der Waals surface area contributed by atoms with Crippen molar-refractivity contribution in [1.82, 2.24) is 5.32 Å². The van der Waals surface area contributed by atoms with Crippen LogP contribution in [0, 0.1) is 0 Å². The molecule has 0 aliphatic carbocycles. The maximum Gasteiger partial charge on any atom is 0.221 e. The van der Waals surface area contributed by atoms with E-state index < -0.39 is 9.84 Å². The van der Waals surface area contributed by atoms with E-state index in [0.717, 1.165) is 0 Å². The van der Waals surface area contributed by atoms with Crippen LogP contribution < -0.4 is 10.6 Å². The van der Waals surface area contributed by atoms with Crippen LogP contribution >= 0.6 is 0 Å². The number of amides is 2. The highest BCUT2D eigenvalue weighted by Gasteiger charge is 2.14. The summed E-state index contributed by atoms with van der Waals surface area (Å²) in [6.45, 7) is 2.78. The molecule has 2 N–H and O–H groups in total. The Morgan fingerprint density at radius 2 is 1.63 bits per heavy atom. The second kappa shape index (κ2) is 6.33. The molecule has 1 aromatic carbocycles. The minimum atomic E-state index is -3.43. The van der Waals surface area contributed by atoms with E-state index in [1.165, 1.54) is 38.1 Å². The van der Waals surface area contributed by atoms with Crippen molar-refractivity contribution < 1.29 is 18.0 Å². The number of benzene rings is 1. The number of hydrogen-bond donors (Lipinski definition) is 2. The van der Waals surface area contributed by atoms with Gasteiger partial charge in [-0.05, 0) is 24.3 Å². The Bertz CT molecular complexity index is 564. The van der Waals surface area contributed by atoms with Gasteiger partial charge in [-0.25, -0.2) is 8.42 Å². The molecule has 0 heterocycles. The third kappa shape index (κ3) is 5.09. The van der Waals surface area contributed by atoms with Gasteiger partial charge in [0, 0.05) is 26.1 Å². The number of carbonyl (C=O) groups excluding carboxylic acids is 2. The second-order valence-corrected chi connectivity index (χ2v) is 6.12. The Morgan fingerprint density at radius 3 is 2.11 bits per heavy atom. The van der Waals surface area contributed by atoms with Crippen molar-refractivity contribution in [3.05, 3.63) is 24.3 Å². The molecule has 0 unspecified atom stereocenters. The monoisotopic (exact) mass is 284 g/mol. The SMILES string of the molecule is CC(=O)NCCS(=O)(=O)c1ccc(NC(C)=O)cc1. The predicted octanol–water partition coefficient (Wildman–Crippen LogP) is 0.555. The van der Waals surface area contributed by atoms with Crippen molar-refractivity contribution in [2.45, 2.75) is 18.7 Å². The molecule has 6 nitrogen and oxygen atoms in total. The first-order valence-corrected chi connectivity index (χ1v) is 7.31. The van der Waals surface area contributed by atoms with Crippen LogP contribution in [0.5, 0.6) is 0 Å². The van der Waals surface area contributed by atoms with Crippen LogP contribution in [-0.2, 0) is 19.4 Å². The van der Waals surface area contributed by atoms with E-state index in [1.54, 1.807) is 0 Å². The van der Waals surface area contributed by atoms with E-state index in [-0.39, 0.29) is 29.0 Å². The highest BCUT2D eigenvalue weighted by molar-refractivity contribution is 7.91. The molecule has 0 saturated carbocycles. The summed E-state index contributed by atoms with van der Waals surface area (Å²) < 4.78 is 23.8. The molecule has 0 radical (unpaired) electrons. The van der Waals surface area contributed by atoms with Crippen LogP contribution in [0.15, 0.2) is 29.2 Å². The van der Waals surface area contributed by atoms with Gasteiger partial charge in [-0.15, -0.1) is 0 Å². The summed E-state index contributed by atoms with van der Waals surface area (Å²) in [6, 6.07) is 5.89. The lowest BCUT2D eigenvalue weighted by Gasteiger charge is -2.06. The number of sulfone groups is 1. The zero-order valence-electron chi connectivity index (χ0n) is 10.8. The number of carbonyl (C=O) groups is 2. The smallest absolute Gasteiger partial charge is 0.221 e. The fourth-order valence-electron chi connectivity index (χ4n) is 1.43. The summed E-state index contributed by atoms with van der Waals surface area (Å²) in [5, 5.41) is 4.98. The zero-order valence-corrected chi connectivity index (χ0v) is 11.6. The lowest BCUT2D eigenvalue weighted by Crippen LogP contribution is -2.26. The molecule has 0 aliphatic rings. The summed E-state index contributed by atoms with van der Waals surface area (Å²) in [4.78, 5) is 21.7. The van der Waals surface area contributed by atoms with Crippen molar-refractivity contribution in [1.29, 1.82) is 0 Å². The Kier molecular flexibility index (Phi) is 5.05. The van der Waals surface area contributed by atoms with Crippen molar-refractivity contribution >= 4 is 27.3 Å². The molecule has 104 valence electrons. The van der Waals surface area contributed by atoms with Gasteiger partial charge in [0.05, 0.1) is 10.6 Å². The highest BCUT2D eigenvalue weighted by Crippen LogP contribution is 2.15. The summed E-state index contributed by atoms with van der Waals surface area (Å²) in [5.74, 6) is -0.649. The van der Waals surface area contributed by atoms with E-state index >= 15 is 0 Å². The third-order valence-corrected chi connectivity index (χ3v) is 4.01. The fourth-order valence-corrected chi connectivity index (χ4v) is 2.59. The third-order valence-electron chi connectivity index (χ3n) is 2.28. The number of anilines is 1. The van der Waals surface area contributed by atoms with Crippen molar-refractivity contribution in [3.8, 4) is 0 Å². The Balaban J connectivity index is 2.73. The van der Waals surface area contributed by atoms with E-state index in [2.05, 4.69) is 10.6 Å². The summed E-state index contributed by atoms with van der Waals surface area (Å²) in [7, 11) is -3.43. The maximum absolute atomic E-state index is 11.9. The zero-order chi connectivity index (χ0) is 14.5. The highest BCUT2D eigenvalue weighted by atomic mass is 32.2. The van der Waals surface area contributed by atoms with Gasteiger partial charge in [-0.3, -0.25) is 9.59 Å². The molecular formula is C12H16N2O4S. The molecule has 0 aromatic heterocycles. The van der Waals surface area contributed by atoms with Gasteiger partial charge in [-0.2, -0.15) is 0 Å². The average Bonchev–Trinajstić information content (AvgIpc) is 2.28. The molecule has 7 heteroatoms. The molecule has 0 aliphatic heterocycles. The van der Waals surface area contributed by atoms with Crippen molar-refractivity contribution in [3.63, 3.8) is 0 Å². The fraction of sp³-hybridized carbons (Fsp3) is 0.333. The standard InChI is InChI=1S/C12H16N2O4S/c1-9(15)13-7-8-19(17,18)12-5-3-11(4-6-12)14-10(2)16/h3-6H,7-8H2,1-2H3,(H,13,15)(H,14,16). The molecule has 0 saturated heterocycles. The second-order valence-electron chi connectivity index (χ2n) is 4.01. The molecule has 2 amide bonds. The van der Waals surface area contributed by atoms with Gasteiger partial charge in [0.25, 0.3) is 0 Å². The van der Waals surface area contributed by atoms with Crippen molar-refractivity contribution in [2.75, 3.05) is 17.6 Å². The van der Waals surface area contributed by atoms with Crippen LogP contribution in [0.2, 0.25) is 0 Å². The molecule has 0 bridgehead atoms. The summed E-state index contributed by atoms with van der Waals surface area (Å²) in [6.07, 6.45) is 0. The van der Waals surface area contributed by atoms with Crippen LogP contribution in [0.4, 0.5) is 5.69 Å². The minimum Gasteiger partial charge on any atom is -0.355 e. The van der Waals surface area contributed by atoms with Gasteiger partial charge in [-0.1, -0.05) is 0 Å². The van der Waals surface area contributed by atoms with Crippen LogP contribution in [0.3, 0.4) is 0 Å². The van der Waals surface area contributed by atoms with Gasteiger partial charge in [0.1, 0.15) is 0 Å². The van der Waals surface area contributed by atoms with Crippen LogP contribution in [0.25, 0.3) is 0 Å². The molecule has 1 aromatic rings. The molecular weight excluding hydrogens is 268 g/mol. The molecule has 19 heavy (non-hydrogen) atoms. The number of hydrogen-bond acceptors (Lipinski definition) is 4. The molecule has 0 fully saturated rings. The molecule has 0 atom stereocenters. The summed E-state index contributed by atoms with van der Waals surface area (Å²) >= 11 is 0.